The molecule has 3 heterocycles. The van der Waals surface area contributed by atoms with E-state index in [2.05, 4.69) is 26.1 Å². The first-order chi connectivity index (χ1) is 24.6. The quantitative estimate of drug-likeness (QED) is 0.186. The predicted molar refractivity (Wildman–Crippen MR) is 196 cm³/mol. The standard InChI is InChI=1S/C41H46BN3O6/c1-5-37(42-50-36-21-28-20-35(40(28,2)3)41(36,4)51-42)44-38(46)33-22-29(24-45(33)39(47)48-25-26-14-8-6-9-15-26)49-34-23-32(27-16-10-7-11-17-27)43-31-19-13-12-18-30(31)34/h6-19,23,28-29,33,35-37H,5,20-22,24-25H2,1-4H3,(H,44,46)/t28-,29-,33+,35-,36?,37+,41+/m1/s1. The van der Waals surface area contributed by atoms with Gasteiger partial charge in [0.2, 0.25) is 5.91 Å². The number of rotatable bonds is 9. The predicted octanol–water partition coefficient (Wildman–Crippen LogP) is 7.22. The summed E-state index contributed by atoms with van der Waals surface area (Å²) in [6.45, 7) is 9.18. The second-order valence-corrected chi connectivity index (χ2v) is 15.4. The fraction of sp³-hybridized carbons (Fsp3) is 0.439. The molecule has 2 amide bonds. The van der Waals surface area contributed by atoms with Gasteiger partial charge in [0, 0.05) is 23.4 Å². The average Bonchev–Trinajstić information content (AvgIpc) is 3.74. The number of benzene rings is 3. The molecule has 4 aromatic rings. The molecule has 5 fully saturated rings. The number of ether oxygens (including phenoxy) is 2. The highest BCUT2D eigenvalue weighted by atomic mass is 16.7. The van der Waals surface area contributed by atoms with Gasteiger partial charge < -0.3 is 24.1 Å². The molecule has 0 spiro atoms. The third-order valence-corrected chi connectivity index (χ3v) is 12.1. The Morgan fingerprint density at radius 3 is 2.45 bits per heavy atom. The van der Waals surface area contributed by atoms with Crippen LogP contribution in [-0.4, -0.2) is 65.3 Å². The summed E-state index contributed by atoms with van der Waals surface area (Å²) in [6, 6.07) is 28.5. The summed E-state index contributed by atoms with van der Waals surface area (Å²) in [5, 5.41) is 4.09. The SMILES string of the molecule is CC[C@H](NC(=O)[C@@H]1C[C@@H](Oc2cc(-c3ccccc3)nc3ccccc23)CN1C(=O)OCc1ccccc1)B1OC2C[C@H]3C[C@H](C3(C)C)[C@]2(C)O1. The number of pyridine rings is 1. The lowest BCUT2D eigenvalue weighted by atomic mass is 9.43. The number of aromatic nitrogens is 1. The maximum absolute atomic E-state index is 14.2. The minimum Gasteiger partial charge on any atom is -0.488 e. The minimum atomic E-state index is -0.806. The Morgan fingerprint density at radius 2 is 1.71 bits per heavy atom. The highest BCUT2D eigenvalue weighted by Crippen LogP contribution is 2.65. The van der Waals surface area contributed by atoms with Crippen molar-refractivity contribution in [1.82, 2.24) is 15.2 Å². The van der Waals surface area contributed by atoms with Gasteiger partial charge in [-0.15, -0.1) is 0 Å². The molecule has 1 N–H and O–H groups in total. The van der Waals surface area contributed by atoms with E-state index in [1.807, 2.05) is 97.9 Å². The summed E-state index contributed by atoms with van der Waals surface area (Å²) in [6.07, 6.45) is 2.03. The van der Waals surface area contributed by atoms with Crippen molar-refractivity contribution in [3.05, 3.63) is 96.6 Å². The Bertz CT molecular complexity index is 1910. The molecule has 3 aliphatic carbocycles. The van der Waals surface area contributed by atoms with Crippen LogP contribution in [-0.2, 0) is 25.4 Å². The van der Waals surface area contributed by atoms with E-state index in [0.717, 1.165) is 40.6 Å². The van der Waals surface area contributed by atoms with Crippen molar-refractivity contribution in [2.75, 3.05) is 6.54 Å². The first-order valence-corrected chi connectivity index (χ1v) is 18.4. The first kappa shape index (κ1) is 33.7. The molecule has 9 nitrogen and oxygen atoms in total. The lowest BCUT2D eigenvalue weighted by molar-refractivity contribution is -0.199. The van der Waals surface area contributed by atoms with Gasteiger partial charge >= 0.3 is 13.2 Å². The van der Waals surface area contributed by atoms with Crippen molar-refractivity contribution in [3.8, 4) is 17.0 Å². The summed E-state index contributed by atoms with van der Waals surface area (Å²) >= 11 is 0. The van der Waals surface area contributed by atoms with Crippen LogP contribution < -0.4 is 10.1 Å². The third kappa shape index (κ3) is 6.16. The molecule has 10 heteroatoms. The first-order valence-electron chi connectivity index (χ1n) is 18.4. The molecule has 2 aliphatic heterocycles. The van der Waals surface area contributed by atoms with Crippen molar-refractivity contribution in [3.63, 3.8) is 0 Å². The van der Waals surface area contributed by atoms with Crippen LogP contribution in [0.4, 0.5) is 4.79 Å². The van der Waals surface area contributed by atoms with Gasteiger partial charge in [-0.25, -0.2) is 9.78 Å². The Morgan fingerprint density at radius 1 is 0.980 bits per heavy atom. The third-order valence-electron chi connectivity index (χ3n) is 12.1. The molecule has 3 saturated carbocycles. The summed E-state index contributed by atoms with van der Waals surface area (Å²) in [5.74, 6) is 1.05. The normalized spacial score (nSPS) is 28.1. The second kappa shape index (κ2) is 13.3. The molecule has 0 radical (unpaired) electrons. The molecule has 2 saturated heterocycles. The van der Waals surface area contributed by atoms with Gasteiger partial charge in [0.25, 0.3) is 0 Å². The number of para-hydroxylation sites is 1. The molecule has 2 bridgehead atoms. The number of carbonyl (C=O) groups is 2. The number of carbonyl (C=O) groups excluding carboxylic acids is 2. The van der Waals surface area contributed by atoms with Crippen LogP contribution in [0.25, 0.3) is 22.2 Å². The fourth-order valence-corrected chi connectivity index (χ4v) is 9.03. The number of hydrogen-bond donors (Lipinski definition) is 1. The maximum Gasteiger partial charge on any atom is 0.481 e. The molecule has 9 rings (SSSR count). The molecule has 5 aliphatic rings. The molecule has 1 aromatic heterocycles. The second-order valence-electron chi connectivity index (χ2n) is 15.4. The Labute approximate surface area is 300 Å². The number of nitrogens with zero attached hydrogens (tertiary/aromatic N) is 2. The van der Waals surface area contributed by atoms with Crippen molar-refractivity contribution in [2.45, 2.75) is 89.8 Å². The maximum atomic E-state index is 14.2. The molecule has 1 unspecified atom stereocenters. The van der Waals surface area contributed by atoms with Crippen LogP contribution in [0.1, 0.15) is 58.9 Å². The Hall–Kier alpha value is -4.41. The summed E-state index contributed by atoms with van der Waals surface area (Å²) < 4.78 is 25.8. The van der Waals surface area contributed by atoms with Gasteiger partial charge in [0.1, 0.15) is 24.5 Å². The van der Waals surface area contributed by atoms with Gasteiger partial charge in [-0.1, -0.05) is 93.6 Å². The van der Waals surface area contributed by atoms with Crippen LogP contribution in [0.3, 0.4) is 0 Å². The Kier molecular flexibility index (Phi) is 8.79. The zero-order chi connectivity index (χ0) is 35.3. The smallest absolute Gasteiger partial charge is 0.481 e. The zero-order valence-corrected chi connectivity index (χ0v) is 29.8. The number of likely N-dealkylation sites (tertiary alicyclic amines) is 1. The summed E-state index contributed by atoms with van der Waals surface area (Å²) in [5.41, 5.74) is 3.26. The molecular formula is C41H46BN3O6. The minimum absolute atomic E-state index is 0.00918. The number of hydrogen-bond acceptors (Lipinski definition) is 7. The van der Waals surface area contributed by atoms with Crippen LogP contribution in [0.2, 0.25) is 0 Å². The lowest BCUT2D eigenvalue weighted by Crippen LogP contribution is -2.65. The van der Waals surface area contributed by atoms with Crippen LogP contribution in [0.5, 0.6) is 5.75 Å². The van der Waals surface area contributed by atoms with Crippen molar-refractivity contribution < 1.29 is 28.4 Å². The fourth-order valence-electron chi connectivity index (χ4n) is 9.03. The molecule has 3 aromatic carbocycles. The van der Waals surface area contributed by atoms with Crippen molar-refractivity contribution >= 4 is 30.0 Å². The monoisotopic (exact) mass is 687 g/mol. The molecule has 51 heavy (non-hydrogen) atoms. The van der Waals surface area contributed by atoms with E-state index >= 15 is 0 Å². The van der Waals surface area contributed by atoms with E-state index in [9.17, 15) is 9.59 Å². The number of fused-ring (bicyclic) bond motifs is 1. The van der Waals surface area contributed by atoms with Crippen LogP contribution in [0, 0.1) is 17.3 Å². The lowest BCUT2D eigenvalue weighted by Gasteiger charge is -2.64. The van der Waals surface area contributed by atoms with E-state index in [-0.39, 0.29) is 42.1 Å². The van der Waals surface area contributed by atoms with E-state index in [4.69, 9.17) is 23.8 Å². The summed E-state index contributed by atoms with van der Waals surface area (Å²) in [7, 11) is -0.560. The molecule has 264 valence electrons. The highest BCUT2D eigenvalue weighted by Gasteiger charge is 2.68. The van der Waals surface area contributed by atoms with E-state index < -0.39 is 25.4 Å². The van der Waals surface area contributed by atoms with E-state index in [1.165, 1.54) is 4.90 Å². The average molecular weight is 688 g/mol. The number of nitrogens with one attached hydrogen (secondary N) is 1. The van der Waals surface area contributed by atoms with Crippen molar-refractivity contribution in [2.24, 2.45) is 17.3 Å². The van der Waals surface area contributed by atoms with Crippen LogP contribution in [0.15, 0.2) is 91.0 Å². The largest absolute Gasteiger partial charge is 0.488 e. The number of amides is 2. The van der Waals surface area contributed by atoms with Crippen LogP contribution >= 0.6 is 0 Å². The van der Waals surface area contributed by atoms with Crippen molar-refractivity contribution in [1.29, 1.82) is 0 Å². The topological polar surface area (TPSA) is 99.2 Å². The molecule has 7 atom stereocenters. The summed E-state index contributed by atoms with van der Waals surface area (Å²) in [4.78, 5) is 34.4. The Balaban J connectivity index is 1.03. The van der Waals surface area contributed by atoms with E-state index in [0.29, 0.717) is 30.4 Å². The highest BCUT2D eigenvalue weighted by molar-refractivity contribution is 6.47. The van der Waals surface area contributed by atoms with Gasteiger partial charge in [0.15, 0.2) is 0 Å². The zero-order valence-electron chi connectivity index (χ0n) is 29.8. The van der Waals surface area contributed by atoms with E-state index in [1.54, 1.807) is 0 Å². The van der Waals surface area contributed by atoms with Gasteiger partial charge in [-0.3, -0.25) is 9.69 Å². The molecular weight excluding hydrogens is 641 g/mol. The van der Waals surface area contributed by atoms with Gasteiger partial charge in [-0.05, 0) is 61.1 Å². The van der Waals surface area contributed by atoms with Gasteiger partial charge in [0.05, 0.1) is 35.4 Å². The van der Waals surface area contributed by atoms with Gasteiger partial charge in [-0.2, -0.15) is 0 Å².